The van der Waals surface area contributed by atoms with E-state index in [2.05, 4.69) is 5.32 Å². The number of rotatable bonds is 3. The molecule has 1 N–H and O–H groups in total. The van der Waals surface area contributed by atoms with Gasteiger partial charge in [-0.3, -0.25) is 4.79 Å². The number of halogens is 4. The minimum atomic E-state index is -4.63. The lowest BCUT2D eigenvalue weighted by Gasteiger charge is -2.10. The molecule has 0 spiro atoms. The number of anilines is 1. The third-order valence-electron chi connectivity index (χ3n) is 3.07. The van der Waals surface area contributed by atoms with Crippen LogP contribution in [0.3, 0.4) is 0 Å². The van der Waals surface area contributed by atoms with Gasteiger partial charge >= 0.3 is 6.18 Å². The summed E-state index contributed by atoms with van der Waals surface area (Å²) in [6.45, 7) is 0. The molecular formula is C15H11F4NO3S. The first-order valence-electron chi connectivity index (χ1n) is 6.47. The van der Waals surface area contributed by atoms with Gasteiger partial charge in [0.1, 0.15) is 5.82 Å². The fourth-order valence-electron chi connectivity index (χ4n) is 1.86. The van der Waals surface area contributed by atoms with E-state index in [0.717, 1.165) is 42.7 Å². The summed E-state index contributed by atoms with van der Waals surface area (Å²) >= 11 is 0. The van der Waals surface area contributed by atoms with E-state index < -0.39 is 39.0 Å². The van der Waals surface area contributed by atoms with Crippen molar-refractivity contribution in [2.45, 2.75) is 11.1 Å². The SMILES string of the molecule is CS(=O)(=O)c1ccc(F)c(NC(=O)c2cccc(C(F)(F)F)c2)c1. The largest absolute Gasteiger partial charge is 0.416 e. The Balaban J connectivity index is 2.34. The first kappa shape index (κ1) is 17.9. The second-order valence-corrected chi connectivity index (χ2v) is 6.96. The molecule has 0 aliphatic rings. The summed E-state index contributed by atoms with van der Waals surface area (Å²) in [4.78, 5) is 11.8. The fourth-order valence-corrected chi connectivity index (χ4v) is 2.51. The van der Waals surface area contributed by atoms with Crippen molar-refractivity contribution in [1.29, 1.82) is 0 Å². The molecular weight excluding hydrogens is 350 g/mol. The van der Waals surface area contributed by atoms with Crippen LogP contribution < -0.4 is 5.32 Å². The zero-order valence-corrected chi connectivity index (χ0v) is 13.0. The maximum absolute atomic E-state index is 13.7. The lowest BCUT2D eigenvalue weighted by atomic mass is 10.1. The monoisotopic (exact) mass is 361 g/mol. The summed E-state index contributed by atoms with van der Waals surface area (Å²) in [5, 5.41) is 2.07. The summed E-state index contributed by atoms with van der Waals surface area (Å²) in [6.07, 6.45) is -3.73. The van der Waals surface area contributed by atoms with E-state index in [1.54, 1.807) is 0 Å². The van der Waals surface area contributed by atoms with Crippen LogP contribution in [0.5, 0.6) is 0 Å². The van der Waals surface area contributed by atoms with Crippen LogP contribution in [0.4, 0.5) is 23.2 Å². The average Bonchev–Trinajstić information content (AvgIpc) is 2.47. The van der Waals surface area contributed by atoms with Crippen LogP contribution in [0.2, 0.25) is 0 Å². The topological polar surface area (TPSA) is 63.2 Å². The summed E-state index contributed by atoms with van der Waals surface area (Å²) in [6, 6.07) is 6.35. The van der Waals surface area contributed by atoms with Gasteiger partial charge in [0.05, 0.1) is 16.1 Å². The maximum atomic E-state index is 13.7. The van der Waals surface area contributed by atoms with Crippen molar-refractivity contribution in [1.82, 2.24) is 0 Å². The molecule has 0 saturated carbocycles. The van der Waals surface area contributed by atoms with Gasteiger partial charge in [0.2, 0.25) is 0 Å². The Morgan fingerprint density at radius 1 is 1.08 bits per heavy atom. The van der Waals surface area contributed by atoms with Crippen molar-refractivity contribution < 1.29 is 30.8 Å². The highest BCUT2D eigenvalue weighted by Crippen LogP contribution is 2.29. The Morgan fingerprint density at radius 3 is 2.33 bits per heavy atom. The number of amides is 1. The zero-order valence-electron chi connectivity index (χ0n) is 12.2. The minimum Gasteiger partial charge on any atom is -0.319 e. The average molecular weight is 361 g/mol. The normalized spacial score (nSPS) is 12.0. The van der Waals surface area contributed by atoms with Crippen LogP contribution in [0.25, 0.3) is 0 Å². The number of carbonyl (C=O) groups excluding carboxylic acids is 1. The van der Waals surface area contributed by atoms with Crippen molar-refractivity contribution in [3.63, 3.8) is 0 Å². The Morgan fingerprint density at radius 2 is 1.75 bits per heavy atom. The van der Waals surface area contributed by atoms with Gasteiger partial charge in [0, 0.05) is 11.8 Å². The van der Waals surface area contributed by atoms with E-state index >= 15 is 0 Å². The van der Waals surface area contributed by atoms with Gasteiger partial charge in [0.25, 0.3) is 5.91 Å². The van der Waals surface area contributed by atoms with Crippen molar-refractivity contribution in [2.24, 2.45) is 0 Å². The van der Waals surface area contributed by atoms with Gasteiger partial charge in [-0.05, 0) is 36.4 Å². The highest BCUT2D eigenvalue weighted by Gasteiger charge is 2.31. The van der Waals surface area contributed by atoms with Crippen molar-refractivity contribution >= 4 is 21.4 Å². The number of benzene rings is 2. The predicted molar refractivity (Wildman–Crippen MR) is 78.9 cm³/mol. The first-order valence-corrected chi connectivity index (χ1v) is 8.36. The lowest BCUT2D eigenvalue weighted by Crippen LogP contribution is -2.15. The molecule has 24 heavy (non-hydrogen) atoms. The molecule has 128 valence electrons. The smallest absolute Gasteiger partial charge is 0.319 e. The molecule has 0 aliphatic carbocycles. The quantitative estimate of drug-likeness (QED) is 0.672. The molecule has 0 aromatic heterocycles. The highest BCUT2D eigenvalue weighted by atomic mass is 32.2. The zero-order chi connectivity index (χ0) is 18.1. The maximum Gasteiger partial charge on any atom is 0.416 e. The number of sulfone groups is 1. The Hall–Kier alpha value is -2.42. The second kappa shape index (κ2) is 6.23. The van der Waals surface area contributed by atoms with Gasteiger partial charge in [0.15, 0.2) is 9.84 Å². The van der Waals surface area contributed by atoms with Gasteiger partial charge in [-0.15, -0.1) is 0 Å². The van der Waals surface area contributed by atoms with E-state index in [9.17, 15) is 30.8 Å². The molecule has 0 bridgehead atoms. The molecule has 0 fully saturated rings. The third kappa shape index (κ3) is 4.10. The molecule has 0 aliphatic heterocycles. The minimum absolute atomic E-state index is 0.233. The molecule has 2 aromatic rings. The van der Waals surface area contributed by atoms with Crippen LogP contribution in [-0.2, 0) is 16.0 Å². The molecule has 9 heteroatoms. The lowest BCUT2D eigenvalue weighted by molar-refractivity contribution is -0.137. The number of hydrogen-bond acceptors (Lipinski definition) is 3. The number of hydrogen-bond donors (Lipinski definition) is 1. The van der Waals surface area contributed by atoms with Gasteiger partial charge in [-0.25, -0.2) is 12.8 Å². The van der Waals surface area contributed by atoms with Gasteiger partial charge in [-0.2, -0.15) is 13.2 Å². The Bertz CT molecular complexity index is 892. The first-order chi connectivity index (χ1) is 11.0. The molecule has 0 radical (unpaired) electrons. The van der Waals surface area contributed by atoms with E-state index in [-0.39, 0.29) is 10.5 Å². The van der Waals surface area contributed by atoms with E-state index in [1.165, 1.54) is 0 Å². The predicted octanol–water partition coefficient (Wildman–Crippen LogP) is 3.50. The molecule has 0 saturated heterocycles. The van der Waals surface area contributed by atoms with Crippen LogP contribution >= 0.6 is 0 Å². The molecule has 2 aromatic carbocycles. The van der Waals surface area contributed by atoms with Crippen LogP contribution in [0.15, 0.2) is 47.4 Å². The second-order valence-electron chi connectivity index (χ2n) is 4.95. The van der Waals surface area contributed by atoms with Gasteiger partial charge in [-0.1, -0.05) is 6.07 Å². The number of nitrogens with one attached hydrogen (secondary N) is 1. The number of carbonyl (C=O) groups is 1. The summed E-state index contributed by atoms with van der Waals surface area (Å²) in [7, 11) is -3.64. The summed E-state index contributed by atoms with van der Waals surface area (Å²) < 4.78 is 74.6. The van der Waals surface area contributed by atoms with Crippen LogP contribution in [0, 0.1) is 5.82 Å². The molecule has 4 nitrogen and oxygen atoms in total. The number of alkyl halides is 3. The highest BCUT2D eigenvalue weighted by molar-refractivity contribution is 7.90. The fraction of sp³-hybridized carbons (Fsp3) is 0.133. The van der Waals surface area contributed by atoms with E-state index in [0.29, 0.717) is 6.07 Å². The van der Waals surface area contributed by atoms with E-state index in [1.807, 2.05) is 0 Å². The Kier molecular flexibility index (Phi) is 4.66. The molecule has 0 heterocycles. The van der Waals surface area contributed by atoms with Crippen molar-refractivity contribution in [2.75, 3.05) is 11.6 Å². The van der Waals surface area contributed by atoms with E-state index in [4.69, 9.17) is 0 Å². The Labute approximate surface area is 135 Å². The van der Waals surface area contributed by atoms with Crippen LogP contribution in [0.1, 0.15) is 15.9 Å². The molecule has 0 atom stereocenters. The third-order valence-corrected chi connectivity index (χ3v) is 4.18. The van der Waals surface area contributed by atoms with Crippen LogP contribution in [-0.4, -0.2) is 20.6 Å². The standard InChI is InChI=1S/C15H11F4NO3S/c1-24(22,23)11-5-6-12(16)13(8-11)20-14(21)9-3-2-4-10(7-9)15(17,18)19/h2-8H,1H3,(H,20,21). The molecule has 1 amide bonds. The summed E-state index contributed by atoms with van der Waals surface area (Å²) in [5.74, 6) is -1.91. The molecule has 2 rings (SSSR count). The molecule has 0 unspecified atom stereocenters. The van der Waals surface area contributed by atoms with Gasteiger partial charge < -0.3 is 5.32 Å². The van der Waals surface area contributed by atoms with Crippen molar-refractivity contribution in [3.8, 4) is 0 Å². The summed E-state index contributed by atoms with van der Waals surface area (Å²) in [5.41, 5.74) is -1.81. The van der Waals surface area contributed by atoms with Crippen molar-refractivity contribution in [3.05, 3.63) is 59.4 Å².